The van der Waals surface area contributed by atoms with Crippen molar-refractivity contribution in [2.45, 2.75) is 32.4 Å². The topological polar surface area (TPSA) is 63.7 Å². The first-order valence-electron chi connectivity index (χ1n) is 10.9. The van der Waals surface area contributed by atoms with E-state index in [0.29, 0.717) is 18.8 Å². The SMILES string of the molecule is COc1ccc(C(CNC(=O)c2csc(COc3ccc(C)cc3)n2)N2CCCC2)cc1. The summed E-state index contributed by atoms with van der Waals surface area (Å²) in [5.74, 6) is 1.48. The van der Waals surface area contributed by atoms with Gasteiger partial charge in [-0.2, -0.15) is 0 Å². The van der Waals surface area contributed by atoms with Crippen molar-refractivity contribution in [3.05, 3.63) is 75.7 Å². The summed E-state index contributed by atoms with van der Waals surface area (Å²) in [7, 11) is 1.67. The number of rotatable bonds is 9. The van der Waals surface area contributed by atoms with Crippen LogP contribution in [0.15, 0.2) is 53.9 Å². The number of methoxy groups -OCH3 is 1. The minimum atomic E-state index is -0.152. The van der Waals surface area contributed by atoms with E-state index in [2.05, 4.69) is 27.3 Å². The smallest absolute Gasteiger partial charge is 0.270 e. The molecular formula is C25H29N3O3S. The van der Waals surface area contributed by atoms with Gasteiger partial charge in [0.2, 0.25) is 0 Å². The van der Waals surface area contributed by atoms with Crippen LogP contribution in [0.2, 0.25) is 0 Å². The van der Waals surface area contributed by atoms with Crippen LogP contribution in [0.5, 0.6) is 11.5 Å². The van der Waals surface area contributed by atoms with Gasteiger partial charge in [0, 0.05) is 11.9 Å². The number of aryl methyl sites for hydroxylation is 1. The molecule has 0 saturated carbocycles. The Bertz CT molecular complexity index is 1010. The Morgan fingerprint density at radius 2 is 1.78 bits per heavy atom. The van der Waals surface area contributed by atoms with E-state index < -0.39 is 0 Å². The van der Waals surface area contributed by atoms with Crippen LogP contribution in [0.4, 0.5) is 0 Å². The molecule has 2 heterocycles. The van der Waals surface area contributed by atoms with Crippen LogP contribution in [0, 0.1) is 6.92 Å². The number of amides is 1. The second-order valence-electron chi connectivity index (χ2n) is 7.97. The van der Waals surface area contributed by atoms with Gasteiger partial charge in [0.15, 0.2) is 0 Å². The molecule has 0 spiro atoms. The lowest BCUT2D eigenvalue weighted by Gasteiger charge is -2.28. The maximum Gasteiger partial charge on any atom is 0.270 e. The van der Waals surface area contributed by atoms with Crippen LogP contribution in [-0.2, 0) is 6.61 Å². The molecule has 32 heavy (non-hydrogen) atoms. The molecule has 0 aliphatic carbocycles. The van der Waals surface area contributed by atoms with E-state index in [4.69, 9.17) is 9.47 Å². The standard InChI is InChI=1S/C25H29N3O3S/c1-18-5-9-21(10-6-18)31-16-24-27-22(17-32-24)25(29)26-15-23(28-13-3-4-14-28)19-7-11-20(30-2)12-8-19/h5-12,17,23H,3-4,13-16H2,1-2H3,(H,26,29). The number of ether oxygens (including phenoxy) is 2. The Labute approximate surface area is 193 Å². The zero-order valence-corrected chi connectivity index (χ0v) is 19.4. The van der Waals surface area contributed by atoms with Crippen molar-refractivity contribution in [1.29, 1.82) is 0 Å². The van der Waals surface area contributed by atoms with E-state index in [1.165, 1.54) is 35.3 Å². The molecule has 1 N–H and O–H groups in total. The summed E-state index contributed by atoms with van der Waals surface area (Å²) >= 11 is 1.44. The molecule has 1 aliphatic rings. The highest BCUT2D eigenvalue weighted by Gasteiger charge is 2.24. The Balaban J connectivity index is 1.35. The fourth-order valence-corrected chi connectivity index (χ4v) is 4.56. The maximum absolute atomic E-state index is 12.8. The first-order valence-corrected chi connectivity index (χ1v) is 11.8. The zero-order chi connectivity index (χ0) is 22.3. The summed E-state index contributed by atoms with van der Waals surface area (Å²) in [5.41, 5.74) is 2.80. The van der Waals surface area contributed by atoms with E-state index >= 15 is 0 Å². The molecule has 7 heteroatoms. The van der Waals surface area contributed by atoms with Crippen molar-refractivity contribution in [2.24, 2.45) is 0 Å². The molecule has 2 aromatic carbocycles. The third-order valence-corrected chi connectivity index (χ3v) is 6.53. The van der Waals surface area contributed by atoms with Gasteiger partial charge in [-0.15, -0.1) is 11.3 Å². The lowest BCUT2D eigenvalue weighted by molar-refractivity contribution is 0.0933. The highest BCUT2D eigenvalue weighted by Crippen LogP contribution is 2.26. The summed E-state index contributed by atoms with van der Waals surface area (Å²) in [6, 6.07) is 16.1. The van der Waals surface area contributed by atoms with Gasteiger partial charge in [-0.1, -0.05) is 29.8 Å². The van der Waals surface area contributed by atoms with Gasteiger partial charge in [0.1, 0.15) is 28.8 Å². The van der Waals surface area contributed by atoms with Gasteiger partial charge < -0.3 is 14.8 Å². The van der Waals surface area contributed by atoms with E-state index in [1.807, 2.05) is 43.3 Å². The maximum atomic E-state index is 12.8. The average molecular weight is 452 g/mol. The first kappa shape index (κ1) is 22.3. The fraction of sp³-hybridized carbons (Fsp3) is 0.360. The van der Waals surface area contributed by atoms with E-state index in [0.717, 1.165) is 29.6 Å². The molecule has 6 nitrogen and oxygen atoms in total. The van der Waals surface area contributed by atoms with Crippen LogP contribution in [-0.4, -0.2) is 42.5 Å². The number of carbonyl (C=O) groups is 1. The number of likely N-dealkylation sites (tertiary alicyclic amines) is 1. The van der Waals surface area contributed by atoms with Crippen LogP contribution in [0.25, 0.3) is 0 Å². The Hall–Kier alpha value is -2.90. The highest BCUT2D eigenvalue weighted by molar-refractivity contribution is 7.09. The van der Waals surface area contributed by atoms with Gasteiger partial charge in [0.25, 0.3) is 5.91 Å². The Morgan fingerprint density at radius 1 is 1.09 bits per heavy atom. The molecule has 0 bridgehead atoms. The molecule has 0 radical (unpaired) electrons. The zero-order valence-electron chi connectivity index (χ0n) is 18.5. The van der Waals surface area contributed by atoms with E-state index in [-0.39, 0.29) is 11.9 Å². The number of benzene rings is 2. The predicted octanol–water partition coefficient (Wildman–Crippen LogP) is 4.61. The summed E-state index contributed by atoms with van der Waals surface area (Å²) in [5, 5.41) is 5.66. The van der Waals surface area contributed by atoms with Crippen LogP contribution < -0.4 is 14.8 Å². The van der Waals surface area contributed by atoms with Crippen molar-refractivity contribution in [3.63, 3.8) is 0 Å². The molecule has 4 rings (SSSR count). The molecule has 1 saturated heterocycles. The third kappa shape index (κ3) is 5.66. The minimum Gasteiger partial charge on any atom is -0.497 e. The number of carbonyl (C=O) groups excluding carboxylic acids is 1. The molecule has 3 aromatic rings. The Morgan fingerprint density at radius 3 is 2.47 bits per heavy atom. The van der Waals surface area contributed by atoms with Gasteiger partial charge >= 0.3 is 0 Å². The van der Waals surface area contributed by atoms with Crippen molar-refractivity contribution in [2.75, 3.05) is 26.7 Å². The summed E-state index contributed by atoms with van der Waals surface area (Å²) in [6.45, 7) is 5.02. The van der Waals surface area contributed by atoms with Crippen molar-refractivity contribution < 1.29 is 14.3 Å². The number of hydrogen-bond donors (Lipinski definition) is 1. The monoisotopic (exact) mass is 451 g/mol. The summed E-state index contributed by atoms with van der Waals surface area (Å²) < 4.78 is 11.1. The fourth-order valence-electron chi connectivity index (χ4n) is 3.88. The molecule has 1 aliphatic heterocycles. The second kappa shape index (κ2) is 10.6. The number of nitrogens with zero attached hydrogens (tertiary/aromatic N) is 2. The third-order valence-electron chi connectivity index (χ3n) is 5.71. The molecule has 1 fully saturated rings. The molecular weight excluding hydrogens is 422 g/mol. The van der Waals surface area contributed by atoms with E-state index in [9.17, 15) is 4.79 Å². The largest absolute Gasteiger partial charge is 0.497 e. The second-order valence-corrected chi connectivity index (χ2v) is 8.91. The van der Waals surface area contributed by atoms with E-state index in [1.54, 1.807) is 12.5 Å². The molecule has 1 unspecified atom stereocenters. The number of thiazole rings is 1. The normalized spacial score (nSPS) is 14.8. The first-order chi connectivity index (χ1) is 15.6. The number of nitrogens with one attached hydrogen (secondary N) is 1. The lowest BCUT2D eigenvalue weighted by Crippen LogP contribution is -2.36. The predicted molar refractivity (Wildman–Crippen MR) is 127 cm³/mol. The van der Waals surface area contributed by atoms with Crippen molar-refractivity contribution >= 4 is 17.2 Å². The molecule has 168 valence electrons. The Kier molecular flexibility index (Phi) is 7.39. The van der Waals surface area contributed by atoms with Crippen molar-refractivity contribution in [3.8, 4) is 11.5 Å². The lowest BCUT2D eigenvalue weighted by atomic mass is 10.1. The van der Waals surface area contributed by atoms with Crippen LogP contribution in [0.3, 0.4) is 0 Å². The number of aromatic nitrogens is 1. The molecule has 1 amide bonds. The average Bonchev–Trinajstić information content (AvgIpc) is 3.52. The number of hydrogen-bond acceptors (Lipinski definition) is 6. The van der Waals surface area contributed by atoms with Gasteiger partial charge in [-0.25, -0.2) is 4.98 Å². The summed E-state index contributed by atoms with van der Waals surface area (Å²) in [6.07, 6.45) is 2.38. The van der Waals surface area contributed by atoms with Crippen LogP contribution in [0.1, 0.15) is 45.5 Å². The minimum absolute atomic E-state index is 0.135. The quantitative estimate of drug-likeness (QED) is 0.515. The van der Waals surface area contributed by atoms with Gasteiger partial charge in [0.05, 0.1) is 13.2 Å². The van der Waals surface area contributed by atoms with Crippen LogP contribution >= 0.6 is 11.3 Å². The van der Waals surface area contributed by atoms with Crippen molar-refractivity contribution in [1.82, 2.24) is 15.2 Å². The van der Waals surface area contributed by atoms with Gasteiger partial charge in [-0.05, 0) is 62.7 Å². The molecule has 1 aromatic heterocycles. The summed E-state index contributed by atoms with van der Waals surface area (Å²) in [4.78, 5) is 19.7. The molecule has 1 atom stereocenters. The highest BCUT2D eigenvalue weighted by atomic mass is 32.1. The van der Waals surface area contributed by atoms with Gasteiger partial charge in [-0.3, -0.25) is 9.69 Å².